The van der Waals surface area contributed by atoms with Crippen molar-refractivity contribution < 1.29 is 19.1 Å². The van der Waals surface area contributed by atoms with Crippen molar-refractivity contribution in [2.24, 2.45) is 0 Å². The number of amides is 1. The van der Waals surface area contributed by atoms with E-state index in [9.17, 15) is 9.59 Å². The fraction of sp³-hybridized carbons (Fsp3) is 0.286. The molecule has 0 N–H and O–H groups in total. The van der Waals surface area contributed by atoms with Crippen LogP contribution in [0.5, 0.6) is 5.75 Å². The van der Waals surface area contributed by atoms with E-state index in [2.05, 4.69) is 0 Å². The van der Waals surface area contributed by atoms with Gasteiger partial charge in [-0.2, -0.15) is 5.26 Å². The Morgan fingerprint density at radius 1 is 1.07 bits per heavy atom. The standard InChI is InChI=1S/C21H22N2O4/c1-16-9-10-19(17(2)13-16)26-15-21(25)27-14-20(24)23(12-6-11-22)18-7-4-3-5-8-18/h3-5,7-10,13H,6,12,14-15H2,1-2H3. The Balaban J connectivity index is 1.88. The van der Waals surface area contributed by atoms with Gasteiger partial charge in [0.25, 0.3) is 5.91 Å². The summed E-state index contributed by atoms with van der Waals surface area (Å²) in [5.74, 6) is -0.420. The van der Waals surface area contributed by atoms with Gasteiger partial charge in [-0.3, -0.25) is 4.79 Å². The van der Waals surface area contributed by atoms with Crippen molar-refractivity contribution in [2.75, 3.05) is 24.7 Å². The van der Waals surface area contributed by atoms with E-state index in [4.69, 9.17) is 14.7 Å². The van der Waals surface area contributed by atoms with Crippen LogP contribution in [-0.4, -0.2) is 31.6 Å². The van der Waals surface area contributed by atoms with Crippen molar-refractivity contribution in [2.45, 2.75) is 20.3 Å². The van der Waals surface area contributed by atoms with Crippen molar-refractivity contribution in [3.63, 3.8) is 0 Å². The molecule has 6 nitrogen and oxygen atoms in total. The molecule has 0 fully saturated rings. The summed E-state index contributed by atoms with van der Waals surface area (Å²) in [4.78, 5) is 25.8. The predicted octanol–water partition coefficient (Wildman–Crippen LogP) is 3.17. The van der Waals surface area contributed by atoms with Crippen LogP contribution in [0.3, 0.4) is 0 Å². The Labute approximate surface area is 158 Å². The van der Waals surface area contributed by atoms with Crippen LogP contribution >= 0.6 is 0 Å². The predicted molar refractivity (Wildman–Crippen MR) is 101 cm³/mol. The SMILES string of the molecule is Cc1ccc(OCC(=O)OCC(=O)N(CCC#N)c2ccccc2)c(C)c1. The average molecular weight is 366 g/mol. The molecule has 0 aliphatic heterocycles. The first-order valence-electron chi connectivity index (χ1n) is 8.59. The first kappa shape index (κ1) is 20.0. The number of aryl methyl sites for hydroxylation is 2. The third-order valence-electron chi connectivity index (χ3n) is 3.85. The van der Waals surface area contributed by atoms with Crippen LogP contribution in [0.25, 0.3) is 0 Å². The number of esters is 1. The van der Waals surface area contributed by atoms with Gasteiger partial charge in [-0.25, -0.2) is 4.79 Å². The van der Waals surface area contributed by atoms with E-state index >= 15 is 0 Å². The summed E-state index contributed by atoms with van der Waals surface area (Å²) in [5, 5.41) is 8.79. The number of ether oxygens (including phenoxy) is 2. The number of para-hydroxylation sites is 1. The van der Waals surface area contributed by atoms with Crippen LogP contribution < -0.4 is 9.64 Å². The fourth-order valence-corrected chi connectivity index (χ4v) is 2.53. The van der Waals surface area contributed by atoms with Gasteiger partial charge in [0, 0.05) is 12.2 Å². The van der Waals surface area contributed by atoms with E-state index in [-0.39, 0.29) is 19.6 Å². The number of benzene rings is 2. The maximum Gasteiger partial charge on any atom is 0.344 e. The maximum absolute atomic E-state index is 12.4. The summed E-state index contributed by atoms with van der Waals surface area (Å²) < 4.78 is 10.5. The lowest BCUT2D eigenvalue weighted by Gasteiger charge is -2.21. The van der Waals surface area contributed by atoms with E-state index in [0.717, 1.165) is 11.1 Å². The molecular weight excluding hydrogens is 344 g/mol. The van der Waals surface area contributed by atoms with Crippen molar-refractivity contribution in [3.05, 3.63) is 59.7 Å². The van der Waals surface area contributed by atoms with Gasteiger partial charge in [-0.15, -0.1) is 0 Å². The molecule has 0 saturated carbocycles. The summed E-state index contributed by atoms with van der Waals surface area (Å²) in [5.41, 5.74) is 2.68. The third kappa shape index (κ3) is 6.15. The highest BCUT2D eigenvalue weighted by molar-refractivity contribution is 5.95. The average Bonchev–Trinajstić information content (AvgIpc) is 2.67. The van der Waals surface area contributed by atoms with Crippen LogP contribution in [-0.2, 0) is 14.3 Å². The monoisotopic (exact) mass is 366 g/mol. The smallest absolute Gasteiger partial charge is 0.344 e. The zero-order chi connectivity index (χ0) is 19.6. The van der Waals surface area contributed by atoms with Gasteiger partial charge in [0.05, 0.1) is 12.5 Å². The topological polar surface area (TPSA) is 79.6 Å². The van der Waals surface area contributed by atoms with Crippen LogP contribution in [0.2, 0.25) is 0 Å². The van der Waals surface area contributed by atoms with Crippen molar-refractivity contribution in [3.8, 4) is 11.8 Å². The van der Waals surface area contributed by atoms with Gasteiger partial charge in [0.2, 0.25) is 0 Å². The molecule has 0 radical (unpaired) electrons. The lowest BCUT2D eigenvalue weighted by molar-refractivity contribution is -0.149. The lowest BCUT2D eigenvalue weighted by Crippen LogP contribution is -2.36. The van der Waals surface area contributed by atoms with Crippen molar-refractivity contribution >= 4 is 17.6 Å². The Kier molecular flexibility index (Phi) is 7.38. The fourth-order valence-electron chi connectivity index (χ4n) is 2.53. The molecule has 0 unspecified atom stereocenters. The van der Waals surface area contributed by atoms with Crippen LogP contribution in [0.4, 0.5) is 5.69 Å². The van der Waals surface area contributed by atoms with E-state index in [1.165, 1.54) is 4.90 Å². The van der Waals surface area contributed by atoms with E-state index in [0.29, 0.717) is 11.4 Å². The molecule has 140 valence electrons. The molecule has 0 aromatic heterocycles. The van der Waals surface area contributed by atoms with Crippen molar-refractivity contribution in [1.82, 2.24) is 0 Å². The van der Waals surface area contributed by atoms with E-state index in [1.54, 1.807) is 30.3 Å². The first-order valence-corrected chi connectivity index (χ1v) is 8.59. The number of carbonyl (C=O) groups excluding carboxylic acids is 2. The third-order valence-corrected chi connectivity index (χ3v) is 3.85. The summed E-state index contributed by atoms with van der Waals surface area (Å²) in [7, 11) is 0. The normalized spacial score (nSPS) is 9.96. The lowest BCUT2D eigenvalue weighted by atomic mass is 10.1. The molecule has 2 rings (SSSR count). The molecule has 0 aliphatic carbocycles. The minimum atomic E-state index is -0.628. The molecule has 0 bridgehead atoms. The Bertz CT molecular complexity index is 828. The molecule has 0 heterocycles. The molecular formula is C21H22N2O4. The molecule has 0 atom stereocenters. The van der Waals surface area contributed by atoms with E-state index in [1.807, 2.05) is 38.1 Å². The van der Waals surface area contributed by atoms with E-state index < -0.39 is 18.5 Å². The second-order valence-electron chi connectivity index (χ2n) is 6.01. The van der Waals surface area contributed by atoms with Gasteiger partial charge in [-0.1, -0.05) is 35.9 Å². The molecule has 0 spiro atoms. The second kappa shape index (κ2) is 9.97. The highest BCUT2D eigenvalue weighted by Crippen LogP contribution is 2.18. The van der Waals surface area contributed by atoms with Gasteiger partial charge in [0.15, 0.2) is 13.2 Å². The highest BCUT2D eigenvalue weighted by atomic mass is 16.6. The van der Waals surface area contributed by atoms with Crippen LogP contribution in [0, 0.1) is 25.2 Å². The van der Waals surface area contributed by atoms with Crippen LogP contribution in [0.15, 0.2) is 48.5 Å². The summed E-state index contributed by atoms with van der Waals surface area (Å²) >= 11 is 0. The minimum Gasteiger partial charge on any atom is -0.482 e. The number of nitriles is 1. The number of anilines is 1. The summed E-state index contributed by atoms with van der Waals surface area (Å²) in [6.07, 6.45) is 0.185. The molecule has 0 aliphatic rings. The molecule has 0 saturated heterocycles. The number of rotatable bonds is 8. The molecule has 2 aromatic rings. The second-order valence-corrected chi connectivity index (χ2v) is 6.01. The highest BCUT2D eigenvalue weighted by Gasteiger charge is 2.17. The molecule has 2 aromatic carbocycles. The zero-order valence-electron chi connectivity index (χ0n) is 15.5. The molecule has 6 heteroatoms. The molecule has 1 amide bonds. The maximum atomic E-state index is 12.4. The van der Waals surface area contributed by atoms with Gasteiger partial charge in [0.1, 0.15) is 5.75 Å². The quantitative estimate of drug-likeness (QED) is 0.671. The van der Waals surface area contributed by atoms with Crippen molar-refractivity contribution in [1.29, 1.82) is 5.26 Å². The van der Waals surface area contributed by atoms with Gasteiger partial charge >= 0.3 is 5.97 Å². The molecule has 27 heavy (non-hydrogen) atoms. The number of nitrogens with zero attached hydrogens (tertiary/aromatic N) is 2. The van der Waals surface area contributed by atoms with Gasteiger partial charge in [-0.05, 0) is 37.6 Å². The van der Waals surface area contributed by atoms with Crippen LogP contribution in [0.1, 0.15) is 17.5 Å². The Morgan fingerprint density at radius 2 is 1.81 bits per heavy atom. The summed E-state index contributed by atoms with van der Waals surface area (Å²) in [6, 6.07) is 16.6. The Morgan fingerprint density at radius 3 is 2.48 bits per heavy atom. The zero-order valence-corrected chi connectivity index (χ0v) is 15.5. The van der Waals surface area contributed by atoms with Gasteiger partial charge < -0.3 is 14.4 Å². The Hall–Kier alpha value is -3.33. The number of carbonyl (C=O) groups is 2. The number of hydrogen-bond donors (Lipinski definition) is 0. The largest absolute Gasteiger partial charge is 0.482 e. The summed E-state index contributed by atoms with van der Waals surface area (Å²) in [6.45, 7) is 3.41. The minimum absolute atomic E-state index is 0.185. The first-order chi connectivity index (χ1) is 13.0. The number of hydrogen-bond acceptors (Lipinski definition) is 5.